The largest absolute Gasteiger partial charge is 0.343 e. The molecule has 3 aromatic rings. The van der Waals surface area contributed by atoms with Crippen LogP contribution in [0.25, 0.3) is 0 Å². The quantitative estimate of drug-likeness (QED) is 0.498. The number of anilines is 1. The Labute approximate surface area is 195 Å². The van der Waals surface area contributed by atoms with Crippen molar-refractivity contribution in [2.75, 3.05) is 10.6 Å². The molecular formula is C25H27ClN2O3S. The molecule has 0 aromatic heterocycles. The zero-order valence-corrected chi connectivity index (χ0v) is 19.9. The molecule has 0 fully saturated rings. The van der Waals surface area contributed by atoms with Crippen LogP contribution in [0.4, 0.5) is 5.69 Å². The summed E-state index contributed by atoms with van der Waals surface area (Å²) in [4.78, 5) is 13.5. The fourth-order valence-corrected chi connectivity index (χ4v) is 5.20. The third-order valence-electron chi connectivity index (χ3n) is 5.31. The van der Waals surface area contributed by atoms with Crippen molar-refractivity contribution in [2.24, 2.45) is 0 Å². The average Bonchev–Trinajstić information content (AvgIpc) is 2.76. The maximum Gasteiger partial charge on any atom is 0.244 e. The van der Waals surface area contributed by atoms with E-state index in [9.17, 15) is 13.2 Å². The summed E-state index contributed by atoms with van der Waals surface area (Å²) >= 11 is 6.11. The van der Waals surface area contributed by atoms with Crippen molar-refractivity contribution >= 4 is 33.2 Å². The SMILES string of the molecule is CC[C@@H](C(=O)N[C@@H](c1ccccc1)c1ccccc1C)N(c1cccc(Cl)c1)S(C)(=O)=O. The average molecular weight is 471 g/mol. The van der Waals surface area contributed by atoms with Crippen LogP contribution in [0.1, 0.15) is 36.1 Å². The van der Waals surface area contributed by atoms with Gasteiger partial charge in [0.1, 0.15) is 6.04 Å². The minimum absolute atomic E-state index is 0.292. The molecule has 3 rings (SSSR count). The number of carbonyl (C=O) groups excluding carboxylic acids is 1. The Morgan fingerprint density at radius 1 is 1.00 bits per heavy atom. The van der Waals surface area contributed by atoms with Crippen LogP contribution < -0.4 is 9.62 Å². The summed E-state index contributed by atoms with van der Waals surface area (Å²) in [6.45, 7) is 3.78. The number of nitrogens with one attached hydrogen (secondary N) is 1. The number of rotatable bonds is 8. The smallest absolute Gasteiger partial charge is 0.244 e. The highest BCUT2D eigenvalue weighted by atomic mass is 35.5. The number of sulfonamides is 1. The second-order valence-corrected chi connectivity index (χ2v) is 9.97. The molecular weight excluding hydrogens is 444 g/mol. The molecule has 3 aromatic carbocycles. The third kappa shape index (κ3) is 5.50. The van der Waals surface area contributed by atoms with Crippen LogP contribution in [0.5, 0.6) is 0 Å². The maximum atomic E-state index is 13.5. The van der Waals surface area contributed by atoms with E-state index in [1.807, 2.05) is 61.5 Å². The molecule has 5 nitrogen and oxygen atoms in total. The summed E-state index contributed by atoms with van der Waals surface area (Å²) < 4.78 is 26.6. The lowest BCUT2D eigenvalue weighted by molar-refractivity contribution is -0.122. The lowest BCUT2D eigenvalue weighted by Crippen LogP contribution is -2.50. The Morgan fingerprint density at radius 2 is 1.66 bits per heavy atom. The zero-order valence-electron chi connectivity index (χ0n) is 18.3. The van der Waals surface area contributed by atoms with Crippen molar-refractivity contribution in [3.8, 4) is 0 Å². The number of nitrogens with zero attached hydrogens (tertiary/aromatic N) is 1. The molecule has 0 heterocycles. The molecule has 0 radical (unpaired) electrons. The van der Waals surface area contributed by atoms with Gasteiger partial charge < -0.3 is 5.32 Å². The Hall–Kier alpha value is -2.83. The lowest BCUT2D eigenvalue weighted by atomic mass is 9.94. The highest BCUT2D eigenvalue weighted by molar-refractivity contribution is 7.92. The Balaban J connectivity index is 2.02. The third-order valence-corrected chi connectivity index (χ3v) is 6.73. The summed E-state index contributed by atoms with van der Waals surface area (Å²) in [5.41, 5.74) is 3.26. The van der Waals surface area contributed by atoms with Crippen LogP contribution in [0, 0.1) is 6.92 Å². The van der Waals surface area contributed by atoms with E-state index in [4.69, 9.17) is 11.6 Å². The number of benzene rings is 3. The van der Waals surface area contributed by atoms with Gasteiger partial charge in [0.15, 0.2) is 0 Å². The topological polar surface area (TPSA) is 66.5 Å². The normalized spacial score (nSPS) is 13.2. The van der Waals surface area contributed by atoms with Gasteiger partial charge in [0.2, 0.25) is 15.9 Å². The van der Waals surface area contributed by atoms with Crippen LogP contribution in [0.3, 0.4) is 0 Å². The summed E-state index contributed by atoms with van der Waals surface area (Å²) in [5, 5.41) is 3.50. The van der Waals surface area contributed by atoms with E-state index in [-0.39, 0.29) is 5.91 Å². The molecule has 7 heteroatoms. The van der Waals surface area contributed by atoms with E-state index in [2.05, 4.69) is 5.32 Å². The predicted molar refractivity (Wildman–Crippen MR) is 130 cm³/mol. The van der Waals surface area contributed by atoms with Crippen molar-refractivity contribution in [3.63, 3.8) is 0 Å². The molecule has 32 heavy (non-hydrogen) atoms. The highest BCUT2D eigenvalue weighted by Crippen LogP contribution is 2.28. The first-order valence-corrected chi connectivity index (χ1v) is 12.6. The molecule has 0 bridgehead atoms. The zero-order chi connectivity index (χ0) is 23.3. The Kier molecular flexibility index (Phi) is 7.59. The van der Waals surface area contributed by atoms with Gasteiger partial charge in [0.05, 0.1) is 18.0 Å². The molecule has 0 aliphatic heterocycles. The van der Waals surface area contributed by atoms with Gasteiger partial charge in [-0.15, -0.1) is 0 Å². The van der Waals surface area contributed by atoms with E-state index in [1.165, 1.54) is 0 Å². The number of amides is 1. The van der Waals surface area contributed by atoms with Crippen molar-refractivity contribution in [1.82, 2.24) is 5.32 Å². The van der Waals surface area contributed by atoms with Gasteiger partial charge in [0.25, 0.3) is 0 Å². The fraction of sp³-hybridized carbons (Fsp3) is 0.240. The molecule has 2 atom stereocenters. The summed E-state index contributed by atoms with van der Waals surface area (Å²) in [7, 11) is -3.75. The lowest BCUT2D eigenvalue weighted by Gasteiger charge is -2.32. The van der Waals surface area contributed by atoms with E-state index in [0.29, 0.717) is 17.1 Å². The summed E-state index contributed by atoms with van der Waals surface area (Å²) in [6.07, 6.45) is 1.39. The summed E-state index contributed by atoms with van der Waals surface area (Å²) in [5.74, 6) is -0.380. The molecule has 1 amide bonds. The Bertz CT molecular complexity index is 1180. The molecule has 168 valence electrons. The fourth-order valence-electron chi connectivity index (χ4n) is 3.81. The van der Waals surface area contributed by atoms with Gasteiger partial charge >= 0.3 is 0 Å². The van der Waals surface area contributed by atoms with Crippen LogP contribution >= 0.6 is 11.6 Å². The second-order valence-electron chi connectivity index (χ2n) is 7.67. The number of hydrogen-bond acceptors (Lipinski definition) is 3. The molecule has 0 saturated carbocycles. The first kappa shape index (κ1) is 23.8. The summed E-state index contributed by atoms with van der Waals surface area (Å²) in [6, 6.07) is 22.6. The van der Waals surface area contributed by atoms with Crippen molar-refractivity contribution in [1.29, 1.82) is 0 Å². The van der Waals surface area contributed by atoms with Crippen LogP contribution in [-0.4, -0.2) is 26.6 Å². The molecule has 0 saturated heterocycles. The first-order valence-electron chi connectivity index (χ1n) is 10.4. The monoisotopic (exact) mass is 470 g/mol. The van der Waals surface area contributed by atoms with Crippen LogP contribution in [0.2, 0.25) is 5.02 Å². The number of halogens is 1. The van der Waals surface area contributed by atoms with Crippen molar-refractivity contribution < 1.29 is 13.2 Å². The van der Waals surface area contributed by atoms with Gasteiger partial charge in [-0.3, -0.25) is 9.10 Å². The molecule has 0 aliphatic rings. The first-order chi connectivity index (χ1) is 15.2. The number of carbonyl (C=O) groups is 1. The molecule has 1 N–H and O–H groups in total. The maximum absolute atomic E-state index is 13.5. The van der Waals surface area contributed by atoms with Crippen LogP contribution in [0.15, 0.2) is 78.9 Å². The molecule has 0 unspecified atom stereocenters. The van der Waals surface area contributed by atoms with Crippen molar-refractivity contribution in [2.45, 2.75) is 32.4 Å². The number of aryl methyl sites for hydroxylation is 1. The van der Waals surface area contributed by atoms with Crippen molar-refractivity contribution in [3.05, 3.63) is 101 Å². The molecule has 0 aliphatic carbocycles. The van der Waals surface area contributed by atoms with E-state index >= 15 is 0 Å². The second kappa shape index (κ2) is 10.2. The highest BCUT2D eigenvalue weighted by Gasteiger charge is 2.33. The van der Waals surface area contributed by atoms with Crippen LogP contribution in [-0.2, 0) is 14.8 Å². The predicted octanol–water partition coefficient (Wildman–Crippen LogP) is 5.10. The standard InChI is InChI=1S/C25H27ClN2O3S/c1-4-23(28(32(3,30)31)21-15-10-14-20(26)17-21)25(29)27-24(19-12-6-5-7-13-19)22-16-9-8-11-18(22)2/h5-17,23-24H,4H2,1-3H3,(H,27,29)/t23-,24-/m0/s1. The van der Waals surface area contributed by atoms with E-state index in [0.717, 1.165) is 27.3 Å². The Morgan fingerprint density at radius 3 is 2.25 bits per heavy atom. The van der Waals surface area contributed by atoms with Gasteiger partial charge in [-0.2, -0.15) is 0 Å². The molecule has 0 spiro atoms. The minimum Gasteiger partial charge on any atom is -0.343 e. The van der Waals surface area contributed by atoms with Gasteiger partial charge in [0, 0.05) is 5.02 Å². The van der Waals surface area contributed by atoms with Gasteiger partial charge in [-0.05, 0) is 48.2 Å². The number of hydrogen-bond donors (Lipinski definition) is 1. The minimum atomic E-state index is -3.75. The van der Waals surface area contributed by atoms with E-state index in [1.54, 1.807) is 31.2 Å². The van der Waals surface area contributed by atoms with E-state index < -0.39 is 22.1 Å². The van der Waals surface area contributed by atoms with Gasteiger partial charge in [-0.1, -0.05) is 79.2 Å². The van der Waals surface area contributed by atoms with Gasteiger partial charge in [-0.25, -0.2) is 8.42 Å².